The normalized spacial score (nSPS) is 14.5. The summed E-state index contributed by atoms with van der Waals surface area (Å²) in [4.78, 5) is 14.7. The summed E-state index contributed by atoms with van der Waals surface area (Å²) >= 11 is 1.20. The predicted octanol–water partition coefficient (Wildman–Crippen LogP) is 4.26. The van der Waals surface area contributed by atoms with Gasteiger partial charge in [-0.05, 0) is 62.3 Å². The number of amides is 1. The number of rotatable bonds is 7. The van der Waals surface area contributed by atoms with Gasteiger partial charge in [0.2, 0.25) is 5.91 Å². The summed E-state index contributed by atoms with van der Waals surface area (Å²) in [6.45, 7) is 2.64. The van der Waals surface area contributed by atoms with E-state index in [4.69, 9.17) is 0 Å². The Bertz CT molecular complexity index is 1030. The number of piperidine rings is 1. The number of benzene rings is 2. The van der Waals surface area contributed by atoms with Crippen LogP contribution in [0.1, 0.15) is 25.1 Å². The Morgan fingerprint density at radius 2 is 1.74 bits per heavy atom. The molecule has 1 aromatic heterocycles. The van der Waals surface area contributed by atoms with E-state index in [0.717, 1.165) is 37.4 Å². The molecule has 4 rings (SSSR count). The monoisotopic (exact) mass is 443 g/mol. The lowest BCUT2D eigenvalue weighted by Gasteiger charge is -2.26. The van der Waals surface area contributed by atoms with Crippen molar-refractivity contribution in [1.29, 1.82) is 0 Å². The predicted molar refractivity (Wildman–Crippen MR) is 116 cm³/mol. The van der Waals surface area contributed by atoms with E-state index in [0.29, 0.717) is 11.7 Å². The molecule has 0 radical (unpaired) electrons. The summed E-state index contributed by atoms with van der Waals surface area (Å²) in [5, 5.41) is 11.7. The van der Waals surface area contributed by atoms with Crippen molar-refractivity contribution < 1.29 is 13.6 Å². The summed E-state index contributed by atoms with van der Waals surface area (Å²) in [7, 11) is 0. The highest BCUT2D eigenvalue weighted by Gasteiger charge is 2.20. The van der Waals surface area contributed by atoms with Gasteiger partial charge in [0, 0.05) is 5.69 Å². The molecule has 0 aliphatic carbocycles. The molecule has 0 bridgehead atoms. The van der Waals surface area contributed by atoms with Gasteiger partial charge in [0.15, 0.2) is 11.0 Å². The number of hydrogen-bond acceptors (Lipinski definition) is 5. The van der Waals surface area contributed by atoms with Crippen molar-refractivity contribution in [2.75, 3.05) is 24.2 Å². The minimum Gasteiger partial charge on any atom is -0.323 e. The summed E-state index contributed by atoms with van der Waals surface area (Å²) in [6, 6.07) is 12.1. The second-order valence-electron chi connectivity index (χ2n) is 7.36. The topological polar surface area (TPSA) is 63.1 Å². The van der Waals surface area contributed by atoms with Crippen LogP contribution in [0.25, 0.3) is 5.69 Å². The average molecular weight is 444 g/mol. The molecule has 31 heavy (non-hydrogen) atoms. The van der Waals surface area contributed by atoms with Crippen LogP contribution in [0.15, 0.2) is 53.7 Å². The highest BCUT2D eigenvalue weighted by Crippen LogP contribution is 2.24. The maximum atomic E-state index is 13.8. The maximum Gasteiger partial charge on any atom is 0.234 e. The molecule has 2 aromatic carbocycles. The van der Waals surface area contributed by atoms with Crippen molar-refractivity contribution in [2.24, 2.45) is 0 Å². The number of halogens is 2. The van der Waals surface area contributed by atoms with Crippen LogP contribution in [0.5, 0.6) is 0 Å². The van der Waals surface area contributed by atoms with E-state index in [1.54, 1.807) is 24.3 Å². The number of thioether (sulfide) groups is 1. The lowest BCUT2D eigenvalue weighted by molar-refractivity contribution is -0.113. The van der Waals surface area contributed by atoms with Gasteiger partial charge in [-0.25, -0.2) is 8.78 Å². The fourth-order valence-electron chi connectivity index (χ4n) is 3.54. The molecule has 3 aromatic rings. The number of carbonyl (C=O) groups is 1. The van der Waals surface area contributed by atoms with Gasteiger partial charge in [0.1, 0.15) is 11.6 Å². The van der Waals surface area contributed by atoms with Gasteiger partial charge in [-0.3, -0.25) is 14.3 Å². The number of nitrogens with zero attached hydrogens (tertiary/aromatic N) is 4. The SMILES string of the molecule is O=C(CSc1nnc(CN2CCCCC2)n1-c1ccc(F)cc1)Nc1ccccc1F. The van der Waals surface area contributed by atoms with Gasteiger partial charge >= 0.3 is 0 Å². The Balaban J connectivity index is 1.51. The van der Waals surface area contributed by atoms with Crippen LogP contribution in [0.4, 0.5) is 14.5 Å². The van der Waals surface area contributed by atoms with Crippen molar-refractivity contribution in [1.82, 2.24) is 19.7 Å². The van der Waals surface area contributed by atoms with Gasteiger partial charge in [0.05, 0.1) is 18.0 Å². The number of aromatic nitrogens is 3. The number of para-hydroxylation sites is 1. The van der Waals surface area contributed by atoms with Crippen LogP contribution < -0.4 is 5.32 Å². The molecule has 1 N–H and O–H groups in total. The molecule has 1 fully saturated rings. The number of likely N-dealkylation sites (tertiary alicyclic amines) is 1. The molecule has 9 heteroatoms. The Kier molecular flexibility index (Phi) is 6.93. The minimum absolute atomic E-state index is 0.0391. The molecule has 0 saturated carbocycles. The Hall–Kier alpha value is -2.78. The van der Waals surface area contributed by atoms with Crippen LogP contribution in [-0.4, -0.2) is 44.4 Å². The summed E-state index contributed by atoms with van der Waals surface area (Å²) in [5.74, 6) is -0.379. The third kappa shape index (κ3) is 5.48. The fraction of sp³-hybridized carbons (Fsp3) is 0.318. The van der Waals surface area contributed by atoms with Crippen molar-refractivity contribution in [3.05, 3.63) is 66.0 Å². The molecular formula is C22H23F2N5OS. The molecule has 0 spiro atoms. The number of hydrogen-bond donors (Lipinski definition) is 1. The summed E-state index contributed by atoms with van der Waals surface area (Å²) in [5.41, 5.74) is 0.870. The second-order valence-corrected chi connectivity index (χ2v) is 8.31. The van der Waals surface area contributed by atoms with E-state index in [1.165, 1.54) is 42.4 Å². The van der Waals surface area contributed by atoms with Gasteiger partial charge in [-0.1, -0.05) is 30.3 Å². The van der Waals surface area contributed by atoms with E-state index < -0.39 is 5.82 Å². The van der Waals surface area contributed by atoms with Crippen molar-refractivity contribution in [2.45, 2.75) is 31.0 Å². The van der Waals surface area contributed by atoms with Crippen LogP contribution >= 0.6 is 11.8 Å². The number of carbonyl (C=O) groups excluding carboxylic acids is 1. The molecule has 1 aliphatic rings. The molecule has 162 valence electrons. The van der Waals surface area contributed by atoms with Crippen LogP contribution in [0, 0.1) is 11.6 Å². The fourth-order valence-corrected chi connectivity index (χ4v) is 4.31. The third-order valence-corrected chi connectivity index (χ3v) is 6.01. The van der Waals surface area contributed by atoms with Gasteiger partial charge in [-0.2, -0.15) is 0 Å². The van der Waals surface area contributed by atoms with E-state index in [-0.39, 0.29) is 23.2 Å². The van der Waals surface area contributed by atoms with Gasteiger partial charge < -0.3 is 5.32 Å². The van der Waals surface area contributed by atoms with E-state index >= 15 is 0 Å². The third-order valence-electron chi connectivity index (χ3n) is 5.08. The van der Waals surface area contributed by atoms with E-state index in [1.807, 2.05) is 4.57 Å². The molecule has 2 heterocycles. The summed E-state index contributed by atoms with van der Waals surface area (Å²) < 4.78 is 29.1. The first kappa shape index (κ1) is 21.5. The minimum atomic E-state index is -0.487. The van der Waals surface area contributed by atoms with Crippen LogP contribution in [0.2, 0.25) is 0 Å². The quantitative estimate of drug-likeness (QED) is 0.553. The first-order valence-corrected chi connectivity index (χ1v) is 11.2. The highest BCUT2D eigenvalue weighted by atomic mass is 32.2. The molecule has 0 unspecified atom stereocenters. The van der Waals surface area contributed by atoms with Crippen molar-refractivity contribution in [3.8, 4) is 5.69 Å². The van der Waals surface area contributed by atoms with Crippen molar-refractivity contribution >= 4 is 23.4 Å². The van der Waals surface area contributed by atoms with Gasteiger partial charge in [0.25, 0.3) is 0 Å². The number of nitrogens with one attached hydrogen (secondary N) is 1. The Morgan fingerprint density at radius 1 is 1.00 bits per heavy atom. The average Bonchev–Trinajstić information content (AvgIpc) is 3.17. The zero-order valence-electron chi connectivity index (χ0n) is 16.9. The van der Waals surface area contributed by atoms with Gasteiger partial charge in [-0.15, -0.1) is 10.2 Å². The van der Waals surface area contributed by atoms with E-state index in [9.17, 15) is 13.6 Å². The first-order valence-electron chi connectivity index (χ1n) is 10.2. The highest BCUT2D eigenvalue weighted by molar-refractivity contribution is 7.99. The zero-order valence-corrected chi connectivity index (χ0v) is 17.7. The smallest absolute Gasteiger partial charge is 0.234 e. The molecule has 6 nitrogen and oxygen atoms in total. The largest absolute Gasteiger partial charge is 0.323 e. The second kappa shape index (κ2) is 10.0. The Morgan fingerprint density at radius 3 is 2.48 bits per heavy atom. The standard InChI is InChI=1S/C22H23F2N5OS/c23-16-8-10-17(11-9-16)29-20(14-28-12-4-1-5-13-28)26-27-22(29)31-15-21(30)25-19-7-3-2-6-18(19)24/h2-3,6-11H,1,4-5,12-15H2,(H,25,30). The van der Waals surface area contributed by atoms with Crippen molar-refractivity contribution in [3.63, 3.8) is 0 Å². The number of anilines is 1. The molecular weight excluding hydrogens is 420 g/mol. The molecule has 1 amide bonds. The maximum absolute atomic E-state index is 13.8. The molecule has 1 aliphatic heterocycles. The van der Waals surface area contributed by atoms with E-state index in [2.05, 4.69) is 20.4 Å². The zero-order chi connectivity index (χ0) is 21.6. The lowest BCUT2D eigenvalue weighted by Crippen LogP contribution is -2.30. The van der Waals surface area contributed by atoms with Crippen LogP contribution in [-0.2, 0) is 11.3 Å². The lowest BCUT2D eigenvalue weighted by atomic mass is 10.1. The molecule has 0 atom stereocenters. The van der Waals surface area contributed by atoms with Crippen LogP contribution in [0.3, 0.4) is 0 Å². The molecule has 1 saturated heterocycles. The Labute approximate surface area is 183 Å². The summed E-state index contributed by atoms with van der Waals surface area (Å²) in [6.07, 6.45) is 3.55. The first-order chi connectivity index (χ1) is 15.1.